The molecule has 1 heterocycles. The zero-order valence-corrected chi connectivity index (χ0v) is 15.2. The average molecular weight is 314 g/mol. The van der Waals surface area contributed by atoms with Crippen molar-refractivity contribution in [3.63, 3.8) is 0 Å². The van der Waals surface area contributed by atoms with E-state index in [1.165, 1.54) is 6.42 Å². The van der Waals surface area contributed by atoms with Crippen molar-refractivity contribution < 1.29 is 18.7 Å². The van der Waals surface area contributed by atoms with Gasteiger partial charge in [0.25, 0.3) is 0 Å². The summed E-state index contributed by atoms with van der Waals surface area (Å²) in [5.74, 6) is -0.813. The highest BCUT2D eigenvalue weighted by atomic mass is 28.4. The lowest BCUT2D eigenvalue weighted by Crippen LogP contribution is -2.41. The first-order valence-corrected chi connectivity index (χ1v) is 11.1. The standard InChI is InChI=1S/C16H30O4Si/c1-15(2,3)21(4,5)18-12-9-13-14(17)20-16(19-13)10-7-6-8-11-16/h13H,6-12H2,1-5H3/t13-/m1/s1. The zero-order chi connectivity index (χ0) is 15.7. The van der Waals surface area contributed by atoms with Crippen LogP contribution in [0.3, 0.4) is 0 Å². The molecule has 2 rings (SSSR count). The highest BCUT2D eigenvalue weighted by molar-refractivity contribution is 6.74. The minimum atomic E-state index is -1.75. The van der Waals surface area contributed by atoms with Crippen molar-refractivity contribution in [2.45, 2.75) is 89.3 Å². The number of hydrogen-bond acceptors (Lipinski definition) is 4. The molecule has 122 valence electrons. The van der Waals surface area contributed by atoms with Gasteiger partial charge in [-0.2, -0.15) is 0 Å². The van der Waals surface area contributed by atoms with E-state index in [2.05, 4.69) is 33.9 Å². The number of carbonyl (C=O) groups excluding carboxylic acids is 1. The van der Waals surface area contributed by atoms with Gasteiger partial charge in [-0.05, 0) is 31.0 Å². The summed E-state index contributed by atoms with van der Waals surface area (Å²) in [5.41, 5.74) is 0. The second-order valence-electron chi connectivity index (χ2n) is 7.90. The Balaban J connectivity index is 1.83. The van der Waals surface area contributed by atoms with Crippen LogP contribution in [-0.2, 0) is 18.7 Å². The van der Waals surface area contributed by atoms with Crippen molar-refractivity contribution in [1.82, 2.24) is 0 Å². The predicted octanol–water partition coefficient (Wildman–Crippen LogP) is 4.00. The molecule has 0 aromatic rings. The first-order valence-electron chi connectivity index (χ1n) is 8.20. The number of ether oxygens (including phenoxy) is 2. The van der Waals surface area contributed by atoms with Gasteiger partial charge in [-0.25, -0.2) is 4.79 Å². The molecule has 2 aliphatic rings. The average Bonchev–Trinajstić information content (AvgIpc) is 2.65. The SMILES string of the molecule is CC(C)(C)[Si](C)(C)OCC[C@H]1OC2(CCCCC2)OC1=O. The lowest BCUT2D eigenvalue weighted by Gasteiger charge is -2.36. The van der Waals surface area contributed by atoms with Crippen molar-refractivity contribution in [2.75, 3.05) is 6.61 Å². The minimum absolute atomic E-state index is 0.189. The second-order valence-corrected chi connectivity index (χ2v) is 12.7. The van der Waals surface area contributed by atoms with Crippen LogP contribution in [0.5, 0.6) is 0 Å². The van der Waals surface area contributed by atoms with Crippen LogP contribution in [0.4, 0.5) is 0 Å². The van der Waals surface area contributed by atoms with E-state index in [9.17, 15) is 4.79 Å². The lowest BCUT2D eigenvalue weighted by atomic mass is 9.94. The van der Waals surface area contributed by atoms with Crippen LogP contribution in [-0.4, -0.2) is 32.8 Å². The van der Waals surface area contributed by atoms with Crippen LogP contribution in [0.25, 0.3) is 0 Å². The van der Waals surface area contributed by atoms with Crippen LogP contribution >= 0.6 is 0 Å². The third kappa shape index (κ3) is 3.87. The molecule has 0 aromatic heterocycles. The number of hydrogen-bond donors (Lipinski definition) is 0. The quantitative estimate of drug-likeness (QED) is 0.581. The van der Waals surface area contributed by atoms with E-state index in [1.54, 1.807) is 0 Å². The lowest BCUT2D eigenvalue weighted by molar-refractivity contribution is -0.192. The van der Waals surface area contributed by atoms with Crippen molar-refractivity contribution in [3.05, 3.63) is 0 Å². The summed E-state index contributed by atoms with van der Waals surface area (Å²) < 4.78 is 17.6. The maximum absolute atomic E-state index is 12.0. The van der Waals surface area contributed by atoms with Crippen LogP contribution in [0.2, 0.25) is 18.1 Å². The normalized spacial score (nSPS) is 26.1. The van der Waals surface area contributed by atoms with E-state index in [4.69, 9.17) is 13.9 Å². The van der Waals surface area contributed by atoms with Gasteiger partial charge >= 0.3 is 5.97 Å². The van der Waals surface area contributed by atoms with Crippen molar-refractivity contribution in [1.29, 1.82) is 0 Å². The number of esters is 1. The smallest absolute Gasteiger partial charge is 0.338 e. The Labute approximate surface area is 129 Å². The first kappa shape index (κ1) is 17.0. The minimum Gasteiger partial charge on any atom is -0.431 e. The van der Waals surface area contributed by atoms with Crippen molar-refractivity contribution in [3.8, 4) is 0 Å². The Kier molecular flexibility index (Phi) is 4.86. The summed E-state index contributed by atoms with van der Waals surface area (Å²) in [4.78, 5) is 12.0. The van der Waals surface area contributed by atoms with Gasteiger partial charge in [0.05, 0.1) is 0 Å². The molecule has 1 aliphatic carbocycles. The Hall–Kier alpha value is -0.393. The molecule has 4 nitrogen and oxygen atoms in total. The highest BCUT2D eigenvalue weighted by Gasteiger charge is 2.48. The number of rotatable bonds is 4. The first-order chi connectivity index (χ1) is 9.65. The van der Waals surface area contributed by atoms with Crippen LogP contribution in [0.1, 0.15) is 59.3 Å². The summed E-state index contributed by atoms with van der Waals surface area (Å²) in [5, 5.41) is 0.189. The molecule has 1 saturated carbocycles. The summed E-state index contributed by atoms with van der Waals surface area (Å²) in [6.07, 6.45) is 5.24. The monoisotopic (exact) mass is 314 g/mol. The summed E-state index contributed by atoms with van der Waals surface area (Å²) in [7, 11) is -1.75. The Morgan fingerprint density at radius 2 is 1.86 bits per heavy atom. The molecule has 2 fully saturated rings. The number of carbonyl (C=O) groups is 1. The van der Waals surface area contributed by atoms with E-state index in [0.29, 0.717) is 13.0 Å². The zero-order valence-electron chi connectivity index (χ0n) is 14.2. The van der Waals surface area contributed by atoms with Gasteiger partial charge in [-0.1, -0.05) is 27.2 Å². The van der Waals surface area contributed by atoms with Gasteiger partial charge < -0.3 is 13.9 Å². The summed E-state index contributed by atoms with van der Waals surface area (Å²) >= 11 is 0. The van der Waals surface area contributed by atoms with E-state index in [-0.39, 0.29) is 11.0 Å². The molecule has 1 saturated heterocycles. The molecule has 0 radical (unpaired) electrons. The fourth-order valence-electron chi connectivity index (χ4n) is 2.71. The van der Waals surface area contributed by atoms with Gasteiger partial charge in [0.2, 0.25) is 5.79 Å². The van der Waals surface area contributed by atoms with E-state index in [1.807, 2.05) is 0 Å². The molecule has 1 aliphatic heterocycles. The molecule has 0 bridgehead atoms. The molecule has 1 atom stereocenters. The van der Waals surface area contributed by atoms with E-state index < -0.39 is 20.2 Å². The molecule has 0 N–H and O–H groups in total. The molecule has 21 heavy (non-hydrogen) atoms. The van der Waals surface area contributed by atoms with E-state index >= 15 is 0 Å². The van der Waals surface area contributed by atoms with Crippen molar-refractivity contribution in [2.24, 2.45) is 0 Å². The summed E-state index contributed by atoms with van der Waals surface area (Å²) in [6.45, 7) is 11.7. The Morgan fingerprint density at radius 3 is 2.43 bits per heavy atom. The third-order valence-corrected chi connectivity index (χ3v) is 9.71. The van der Waals surface area contributed by atoms with Crippen LogP contribution in [0.15, 0.2) is 0 Å². The van der Waals surface area contributed by atoms with Gasteiger partial charge in [-0.3, -0.25) is 0 Å². The molecular weight excluding hydrogens is 284 g/mol. The van der Waals surface area contributed by atoms with Crippen molar-refractivity contribution >= 4 is 14.3 Å². The van der Waals surface area contributed by atoms with Crippen LogP contribution < -0.4 is 0 Å². The van der Waals surface area contributed by atoms with Gasteiger partial charge in [-0.15, -0.1) is 0 Å². The molecular formula is C16H30O4Si. The Bertz CT molecular complexity index is 380. The molecule has 1 spiro atoms. The fraction of sp³-hybridized carbons (Fsp3) is 0.938. The van der Waals surface area contributed by atoms with Gasteiger partial charge in [0, 0.05) is 25.9 Å². The largest absolute Gasteiger partial charge is 0.431 e. The molecule has 0 aromatic carbocycles. The van der Waals surface area contributed by atoms with Gasteiger partial charge in [0.1, 0.15) is 0 Å². The van der Waals surface area contributed by atoms with Crippen LogP contribution in [0, 0.1) is 0 Å². The predicted molar refractivity (Wildman–Crippen MR) is 84.5 cm³/mol. The highest BCUT2D eigenvalue weighted by Crippen LogP contribution is 2.40. The third-order valence-electron chi connectivity index (χ3n) is 5.17. The second kappa shape index (κ2) is 6.01. The fourth-order valence-corrected chi connectivity index (χ4v) is 3.77. The molecule has 0 unspecified atom stereocenters. The van der Waals surface area contributed by atoms with E-state index in [0.717, 1.165) is 25.7 Å². The topological polar surface area (TPSA) is 44.8 Å². The summed E-state index contributed by atoms with van der Waals surface area (Å²) in [6, 6.07) is 0. The molecule has 0 amide bonds. The Morgan fingerprint density at radius 1 is 1.24 bits per heavy atom. The molecule has 5 heteroatoms. The van der Waals surface area contributed by atoms with Gasteiger partial charge in [0.15, 0.2) is 14.4 Å². The maximum atomic E-state index is 12.0. The maximum Gasteiger partial charge on any atom is 0.338 e.